The summed E-state index contributed by atoms with van der Waals surface area (Å²) < 4.78 is 0. The monoisotopic (exact) mass is 263 g/mol. The molecule has 18 heavy (non-hydrogen) atoms. The van der Waals surface area contributed by atoms with Crippen molar-refractivity contribution in [1.82, 2.24) is 4.98 Å². The summed E-state index contributed by atoms with van der Waals surface area (Å²) in [6.07, 6.45) is 3.09. The van der Waals surface area contributed by atoms with Gasteiger partial charge in [0.2, 0.25) is 0 Å². The number of aliphatic carboxylic acids is 1. The van der Waals surface area contributed by atoms with E-state index in [1.54, 1.807) is 6.07 Å². The Labute approximate surface area is 110 Å². The van der Waals surface area contributed by atoms with Crippen LogP contribution in [0.1, 0.15) is 19.4 Å². The zero-order chi connectivity index (χ0) is 13.3. The van der Waals surface area contributed by atoms with Crippen molar-refractivity contribution in [3.05, 3.63) is 41.1 Å². The van der Waals surface area contributed by atoms with E-state index in [1.165, 1.54) is 6.08 Å². The molecule has 0 saturated heterocycles. The van der Waals surface area contributed by atoms with Gasteiger partial charge >= 0.3 is 5.97 Å². The van der Waals surface area contributed by atoms with Gasteiger partial charge in [0.25, 0.3) is 0 Å². The van der Waals surface area contributed by atoms with E-state index in [0.717, 1.165) is 22.0 Å². The second-order valence-corrected chi connectivity index (χ2v) is 4.92. The van der Waals surface area contributed by atoms with Crippen LogP contribution in [0.25, 0.3) is 16.5 Å². The molecule has 0 radical (unpaired) electrons. The van der Waals surface area contributed by atoms with E-state index in [4.69, 9.17) is 16.7 Å². The Kier molecular flexibility index (Phi) is 3.43. The molecule has 0 unspecified atom stereocenters. The Hall–Kier alpha value is -1.74. The first-order valence-corrected chi connectivity index (χ1v) is 6.08. The lowest BCUT2D eigenvalue weighted by Crippen LogP contribution is -1.98. The number of nitrogens with one attached hydrogen (secondary N) is 1. The molecule has 2 rings (SSSR count). The molecule has 3 nitrogen and oxygen atoms in total. The van der Waals surface area contributed by atoms with Gasteiger partial charge in [-0.3, -0.25) is 0 Å². The first-order chi connectivity index (χ1) is 8.49. The maximum Gasteiger partial charge on any atom is 0.328 e. The van der Waals surface area contributed by atoms with Gasteiger partial charge in [-0.15, -0.1) is 0 Å². The number of H-pyrrole nitrogens is 1. The van der Waals surface area contributed by atoms with Crippen LogP contribution >= 0.6 is 11.6 Å². The minimum Gasteiger partial charge on any atom is -0.478 e. The third-order valence-corrected chi connectivity index (χ3v) is 3.09. The minimum absolute atomic E-state index is 0.124. The molecule has 2 N–H and O–H groups in total. The summed E-state index contributed by atoms with van der Waals surface area (Å²) in [5.74, 6) is -0.811. The van der Waals surface area contributed by atoms with Gasteiger partial charge in [0, 0.05) is 33.8 Å². The summed E-state index contributed by atoms with van der Waals surface area (Å²) in [5.41, 5.74) is 2.63. The van der Waals surface area contributed by atoms with E-state index in [0.29, 0.717) is 5.02 Å². The smallest absolute Gasteiger partial charge is 0.328 e. The number of rotatable bonds is 3. The van der Waals surface area contributed by atoms with Crippen LogP contribution in [0.5, 0.6) is 0 Å². The van der Waals surface area contributed by atoms with Crippen molar-refractivity contribution in [2.24, 2.45) is 5.92 Å². The Morgan fingerprint density at radius 3 is 2.78 bits per heavy atom. The Balaban J connectivity index is 2.65. The van der Waals surface area contributed by atoms with E-state index in [9.17, 15) is 4.79 Å². The Morgan fingerprint density at radius 2 is 2.17 bits per heavy atom. The quantitative estimate of drug-likeness (QED) is 0.824. The lowest BCUT2D eigenvalue weighted by atomic mass is 9.94. The van der Waals surface area contributed by atoms with E-state index >= 15 is 0 Å². The molecular weight excluding hydrogens is 250 g/mol. The van der Waals surface area contributed by atoms with Crippen LogP contribution < -0.4 is 0 Å². The SMILES string of the molecule is CC(C)/C(=C\C(=O)O)c1c[nH]c2ccc(Cl)cc12. The van der Waals surface area contributed by atoms with Crippen LogP contribution in [-0.4, -0.2) is 16.1 Å². The molecule has 0 amide bonds. The number of aromatic nitrogens is 1. The van der Waals surface area contributed by atoms with Crippen molar-refractivity contribution in [3.63, 3.8) is 0 Å². The fourth-order valence-electron chi connectivity index (χ4n) is 2.02. The highest BCUT2D eigenvalue weighted by Crippen LogP contribution is 2.31. The average Bonchev–Trinajstić information content (AvgIpc) is 2.68. The first-order valence-electron chi connectivity index (χ1n) is 5.70. The van der Waals surface area contributed by atoms with Crippen molar-refractivity contribution in [2.45, 2.75) is 13.8 Å². The lowest BCUT2D eigenvalue weighted by molar-refractivity contribution is -0.131. The minimum atomic E-state index is -0.935. The predicted molar refractivity (Wildman–Crippen MR) is 73.8 cm³/mol. The number of hydrogen-bond donors (Lipinski definition) is 2. The largest absolute Gasteiger partial charge is 0.478 e. The topological polar surface area (TPSA) is 53.1 Å². The van der Waals surface area contributed by atoms with Gasteiger partial charge in [-0.05, 0) is 29.7 Å². The van der Waals surface area contributed by atoms with E-state index in [1.807, 2.05) is 32.2 Å². The molecule has 0 fully saturated rings. The standard InChI is InChI=1S/C14H14ClNO2/c1-8(2)10(6-14(17)18)12-7-16-13-4-3-9(15)5-11(12)13/h3-8,16H,1-2H3,(H,17,18)/b10-6+. The summed E-state index contributed by atoms with van der Waals surface area (Å²) in [6, 6.07) is 5.54. The molecule has 0 aliphatic carbocycles. The second-order valence-electron chi connectivity index (χ2n) is 4.48. The number of carbonyl (C=O) groups is 1. The molecule has 0 aliphatic rings. The summed E-state index contributed by atoms with van der Waals surface area (Å²) in [7, 11) is 0. The number of fused-ring (bicyclic) bond motifs is 1. The summed E-state index contributed by atoms with van der Waals surface area (Å²) in [6.45, 7) is 3.94. The van der Waals surface area contributed by atoms with Gasteiger partial charge < -0.3 is 10.1 Å². The number of benzene rings is 1. The van der Waals surface area contributed by atoms with Crippen LogP contribution in [0.4, 0.5) is 0 Å². The molecule has 0 atom stereocenters. The molecule has 0 saturated carbocycles. The van der Waals surface area contributed by atoms with Crippen molar-refractivity contribution >= 4 is 34.0 Å². The number of carboxylic acids is 1. The van der Waals surface area contributed by atoms with E-state index < -0.39 is 5.97 Å². The second kappa shape index (κ2) is 4.86. The molecule has 1 aromatic carbocycles. The van der Waals surface area contributed by atoms with Gasteiger partial charge in [-0.2, -0.15) is 0 Å². The third-order valence-electron chi connectivity index (χ3n) is 2.86. The van der Waals surface area contributed by atoms with Gasteiger partial charge in [0.05, 0.1) is 0 Å². The molecule has 4 heteroatoms. The average molecular weight is 264 g/mol. The molecule has 0 aliphatic heterocycles. The fourth-order valence-corrected chi connectivity index (χ4v) is 2.19. The van der Waals surface area contributed by atoms with Crippen LogP contribution in [0.15, 0.2) is 30.5 Å². The van der Waals surface area contributed by atoms with E-state index in [2.05, 4.69) is 4.98 Å². The number of halogens is 1. The van der Waals surface area contributed by atoms with Gasteiger partial charge in [-0.25, -0.2) is 4.79 Å². The predicted octanol–water partition coefficient (Wildman–Crippen LogP) is 3.95. The van der Waals surface area contributed by atoms with Crippen LogP contribution in [-0.2, 0) is 4.79 Å². The van der Waals surface area contributed by atoms with Gasteiger partial charge in [-0.1, -0.05) is 25.4 Å². The third kappa shape index (κ3) is 2.41. The molecule has 94 valence electrons. The van der Waals surface area contributed by atoms with Gasteiger partial charge in [0.15, 0.2) is 0 Å². The van der Waals surface area contributed by atoms with Crippen LogP contribution in [0, 0.1) is 5.92 Å². The van der Waals surface area contributed by atoms with Crippen LogP contribution in [0.2, 0.25) is 5.02 Å². The zero-order valence-electron chi connectivity index (χ0n) is 10.2. The van der Waals surface area contributed by atoms with Crippen molar-refractivity contribution in [3.8, 4) is 0 Å². The Bertz CT molecular complexity index is 626. The Morgan fingerprint density at radius 1 is 1.44 bits per heavy atom. The zero-order valence-corrected chi connectivity index (χ0v) is 11.0. The lowest BCUT2D eigenvalue weighted by Gasteiger charge is -2.09. The number of aromatic amines is 1. The molecule has 0 bridgehead atoms. The molecule has 0 spiro atoms. The molecular formula is C14H14ClNO2. The van der Waals surface area contributed by atoms with Gasteiger partial charge in [0.1, 0.15) is 0 Å². The van der Waals surface area contributed by atoms with E-state index in [-0.39, 0.29) is 5.92 Å². The maximum absolute atomic E-state index is 10.9. The highest BCUT2D eigenvalue weighted by Gasteiger charge is 2.13. The highest BCUT2D eigenvalue weighted by atomic mass is 35.5. The molecule has 1 heterocycles. The normalized spacial score (nSPS) is 12.3. The van der Waals surface area contributed by atoms with Crippen LogP contribution in [0.3, 0.4) is 0 Å². The maximum atomic E-state index is 10.9. The number of hydrogen-bond acceptors (Lipinski definition) is 1. The fraction of sp³-hybridized carbons (Fsp3) is 0.214. The molecule has 1 aromatic heterocycles. The van der Waals surface area contributed by atoms with Crippen molar-refractivity contribution < 1.29 is 9.90 Å². The first kappa shape index (κ1) is 12.7. The number of allylic oxidation sites excluding steroid dienone is 1. The summed E-state index contributed by atoms with van der Waals surface area (Å²) >= 11 is 5.99. The van der Waals surface area contributed by atoms with Crippen molar-refractivity contribution in [1.29, 1.82) is 0 Å². The summed E-state index contributed by atoms with van der Waals surface area (Å²) in [4.78, 5) is 14.0. The number of carboxylic acid groups (broad SMARTS) is 1. The highest BCUT2D eigenvalue weighted by molar-refractivity contribution is 6.31. The summed E-state index contributed by atoms with van der Waals surface area (Å²) in [5, 5.41) is 10.5. The molecule has 2 aromatic rings. The van der Waals surface area contributed by atoms with Crippen molar-refractivity contribution in [2.75, 3.05) is 0 Å².